The van der Waals surface area contributed by atoms with Crippen molar-refractivity contribution in [3.63, 3.8) is 0 Å². The van der Waals surface area contributed by atoms with Gasteiger partial charge in [0.15, 0.2) is 0 Å². The van der Waals surface area contributed by atoms with Crippen LogP contribution >= 0.6 is 0 Å². The van der Waals surface area contributed by atoms with E-state index in [4.69, 9.17) is 10.5 Å². The van der Waals surface area contributed by atoms with E-state index in [9.17, 15) is 4.79 Å². The van der Waals surface area contributed by atoms with Gasteiger partial charge >= 0.3 is 6.09 Å². The van der Waals surface area contributed by atoms with Crippen LogP contribution < -0.4 is 0 Å². The van der Waals surface area contributed by atoms with Crippen LogP contribution in [0.5, 0.6) is 0 Å². The minimum atomic E-state index is -1.18. The second-order valence-corrected chi connectivity index (χ2v) is 1.80. The summed E-state index contributed by atoms with van der Waals surface area (Å²) in [6.07, 6.45) is -1.18. The Hall–Kier alpha value is -0.810. The lowest BCUT2D eigenvalue weighted by molar-refractivity contribution is -0.220. The van der Waals surface area contributed by atoms with E-state index in [2.05, 4.69) is 4.89 Å². The van der Waals surface area contributed by atoms with Gasteiger partial charge in [-0.1, -0.05) is 0 Å². The monoisotopic (exact) mass is 135 g/mol. The Labute approximate surface area is 52.3 Å². The Balaban J connectivity index is 3.72. The normalized spacial score (nSPS) is 9.44. The largest absolute Gasteiger partial charge is 0.465 e. The van der Waals surface area contributed by atoms with Crippen LogP contribution in [0.25, 0.3) is 0 Å². The molecule has 0 unspecified atom stereocenters. The number of hydrogen-bond donors (Lipinski definition) is 2. The predicted octanol–water partition coefficient (Wildman–Crippen LogP) is 0.696. The summed E-state index contributed by atoms with van der Waals surface area (Å²) in [5, 5.41) is 16.6. The molecule has 0 aliphatic rings. The highest BCUT2D eigenvalue weighted by molar-refractivity contribution is 5.65. The van der Waals surface area contributed by atoms with E-state index in [1.807, 2.05) is 0 Å². The molecule has 0 heterocycles. The molecule has 5 nitrogen and oxygen atoms in total. The third-order valence-corrected chi connectivity index (χ3v) is 0.754. The third kappa shape index (κ3) is 2.29. The smallest absolute Gasteiger partial charge is 0.283 e. The molecule has 0 aromatic rings. The first-order valence-corrected chi connectivity index (χ1v) is 2.43. The number of amides is 1. The summed E-state index contributed by atoms with van der Waals surface area (Å²) in [5.74, 6) is 0. The lowest BCUT2D eigenvalue weighted by Gasteiger charge is -2.14. The highest BCUT2D eigenvalue weighted by atomic mass is 17.1. The molecule has 0 spiro atoms. The quantitative estimate of drug-likeness (QED) is 0.315. The number of hydroxylamine groups is 2. The second kappa shape index (κ2) is 3.26. The third-order valence-electron chi connectivity index (χ3n) is 0.754. The molecule has 0 aromatic heterocycles. The van der Waals surface area contributed by atoms with Gasteiger partial charge in [-0.25, -0.2) is 4.79 Å². The molecule has 2 N–H and O–H groups in total. The summed E-state index contributed by atoms with van der Waals surface area (Å²) in [6.45, 7) is 3.13. The maximum atomic E-state index is 10.2. The number of hydrogen-bond acceptors (Lipinski definition) is 4. The molecule has 9 heavy (non-hydrogen) atoms. The maximum Gasteiger partial charge on any atom is 0.465 e. The average molecular weight is 135 g/mol. The molecule has 0 radical (unpaired) electrons. The van der Waals surface area contributed by atoms with Gasteiger partial charge in [0.1, 0.15) is 0 Å². The van der Waals surface area contributed by atoms with Gasteiger partial charge in [0.2, 0.25) is 0 Å². The Bertz CT molecular complexity index is 103. The highest BCUT2D eigenvalue weighted by Gasteiger charge is 2.14. The van der Waals surface area contributed by atoms with Crippen molar-refractivity contribution in [2.45, 2.75) is 19.9 Å². The van der Waals surface area contributed by atoms with Crippen molar-refractivity contribution in [1.82, 2.24) is 5.06 Å². The standard InChI is InChI=1S/C4H9NO4/c1-3(2)5(7)4(6)9-8/h3,7-8H,1-2H3. The molecule has 5 heteroatoms. The first-order chi connectivity index (χ1) is 4.09. The van der Waals surface area contributed by atoms with Gasteiger partial charge in [-0.05, 0) is 13.8 Å². The molecule has 0 atom stereocenters. The first kappa shape index (κ1) is 8.19. The van der Waals surface area contributed by atoms with E-state index >= 15 is 0 Å². The summed E-state index contributed by atoms with van der Waals surface area (Å²) in [6, 6.07) is -0.398. The topological polar surface area (TPSA) is 70.0 Å². The molecule has 0 bridgehead atoms. The Kier molecular flexibility index (Phi) is 2.97. The number of nitrogens with zero attached hydrogens (tertiary/aromatic N) is 1. The van der Waals surface area contributed by atoms with Crippen molar-refractivity contribution in [3.8, 4) is 0 Å². The average Bonchev–Trinajstić information content (AvgIpc) is 1.84. The molecular formula is C4H9NO4. The van der Waals surface area contributed by atoms with Gasteiger partial charge < -0.3 is 0 Å². The van der Waals surface area contributed by atoms with Gasteiger partial charge in [0, 0.05) is 0 Å². The summed E-state index contributed by atoms with van der Waals surface area (Å²) in [5.41, 5.74) is 0. The fourth-order valence-electron chi connectivity index (χ4n) is 0.253. The fourth-order valence-corrected chi connectivity index (χ4v) is 0.253. The molecule has 0 aliphatic carbocycles. The molecule has 0 aromatic carbocycles. The lowest BCUT2D eigenvalue weighted by atomic mass is 10.4. The van der Waals surface area contributed by atoms with Crippen molar-refractivity contribution in [2.75, 3.05) is 0 Å². The van der Waals surface area contributed by atoms with E-state index in [1.54, 1.807) is 13.8 Å². The first-order valence-electron chi connectivity index (χ1n) is 2.43. The zero-order valence-electron chi connectivity index (χ0n) is 5.24. The van der Waals surface area contributed by atoms with Crippen LogP contribution in [0.2, 0.25) is 0 Å². The Morgan fingerprint density at radius 2 is 2.11 bits per heavy atom. The van der Waals surface area contributed by atoms with Crippen LogP contribution in [0.1, 0.15) is 13.8 Å². The molecular weight excluding hydrogens is 126 g/mol. The Morgan fingerprint density at radius 1 is 1.67 bits per heavy atom. The molecule has 1 amide bonds. The second-order valence-electron chi connectivity index (χ2n) is 1.80. The zero-order chi connectivity index (χ0) is 7.44. The van der Waals surface area contributed by atoms with Crippen molar-refractivity contribution < 1.29 is 20.1 Å². The van der Waals surface area contributed by atoms with Gasteiger partial charge in [-0.2, -0.15) is 10.3 Å². The van der Waals surface area contributed by atoms with Gasteiger partial charge in [0.25, 0.3) is 0 Å². The molecule has 54 valence electrons. The maximum absolute atomic E-state index is 10.2. The van der Waals surface area contributed by atoms with E-state index in [-0.39, 0.29) is 5.06 Å². The van der Waals surface area contributed by atoms with Crippen LogP contribution in [0.4, 0.5) is 4.79 Å². The minimum absolute atomic E-state index is 0.278. The van der Waals surface area contributed by atoms with Crippen molar-refractivity contribution in [2.24, 2.45) is 0 Å². The van der Waals surface area contributed by atoms with Gasteiger partial charge in [0.05, 0.1) is 6.04 Å². The summed E-state index contributed by atoms with van der Waals surface area (Å²) in [4.78, 5) is 13.4. The minimum Gasteiger partial charge on any atom is -0.283 e. The van der Waals surface area contributed by atoms with Crippen LogP contribution in [0, 0.1) is 0 Å². The van der Waals surface area contributed by atoms with Crippen molar-refractivity contribution in [1.29, 1.82) is 0 Å². The van der Waals surface area contributed by atoms with E-state index in [1.165, 1.54) is 0 Å². The van der Waals surface area contributed by atoms with Crippen molar-refractivity contribution >= 4 is 6.09 Å². The fraction of sp³-hybridized carbons (Fsp3) is 0.750. The summed E-state index contributed by atoms with van der Waals surface area (Å²) >= 11 is 0. The number of carbonyl (C=O) groups is 1. The van der Waals surface area contributed by atoms with E-state index < -0.39 is 12.1 Å². The SMILES string of the molecule is CC(C)N(O)C(=O)OO. The predicted molar refractivity (Wildman–Crippen MR) is 27.9 cm³/mol. The highest BCUT2D eigenvalue weighted by Crippen LogP contribution is 1.94. The van der Waals surface area contributed by atoms with Gasteiger partial charge in [-0.3, -0.25) is 10.1 Å². The molecule has 0 rings (SSSR count). The van der Waals surface area contributed by atoms with Crippen molar-refractivity contribution in [3.05, 3.63) is 0 Å². The molecule has 0 saturated carbocycles. The number of rotatable bonds is 1. The summed E-state index contributed by atoms with van der Waals surface area (Å²) in [7, 11) is 0. The van der Waals surface area contributed by atoms with Crippen LogP contribution in [-0.4, -0.2) is 27.7 Å². The zero-order valence-corrected chi connectivity index (χ0v) is 5.24. The van der Waals surface area contributed by atoms with Crippen LogP contribution in [0.3, 0.4) is 0 Å². The van der Waals surface area contributed by atoms with Gasteiger partial charge in [-0.15, -0.1) is 0 Å². The van der Waals surface area contributed by atoms with E-state index in [0.717, 1.165) is 0 Å². The molecule has 0 aliphatic heterocycles. The molecule has 0 saturated heterocycles. The van der Waals surface area contributed by atoms with Crippen LogP contribution in [-0.2, 0) is 4.89 Å². The summed E-state index contributed by atoms with van der Waals surface area (Å²) < 4.78 is 0. The Morgan fingerprint density at radius 3 is 2.22 bits per heavy atom. The van der Waals surface area contributed by atoms with E-state index in [0.29, 0.717) is 0 Å². The van der Waals surface area contributed by atoms with Crippen LogP contribution in [0.15, 0.2) is 0 Å². The molecule has 0 fully saturated rings. The lowest BCUT2D eigenvalue weighted by Crippen LogP contribution is -2.33. The number of carbonyl (C=O) groups excluding carboxylic acids is 1.